The number of anilines is 1. The second-order valence-corrected chi connectivity index (χ2v) is 7.50. The van der Waals surface area contributed by atoms with Crippen molar-refractivity contribution in [3.8, 4) is 5.75 Å². The molecule has 1 aromatic heterocycles. The van der Waals surface area contributed by atoms with Gasteiger partial charge in [-0.25, -0.2) is 4.68 Å². The van der Waals surface area contributed by atoms with E-state index in [-0.39, 0.29) is 24.8 Å². The van der Waals surface area contributed by atoms with Gasteiger partial charge in [0.1, 0.15) is 17.1 Å². The number of carboxylic acids is 1. The number of aromatic nitrogens is 2. The van der Waals surface area contributed by atoms with Crippen molar-refractivity contribution in [2.75, 3.05) is 18.6 Å². The lowest BCUT2D eigenvalue weighted by molar-refractivity contribution is -0.139. The second kappa shape index (κ2) is 9.40. The number of methoxy groups -OCH3 is 1. The largest absolute Gasteiger partial charge is 0.497 e. The molecule has 0 radical (unpaired) electrons. The van der Waals surface area contributed by atoms with Crippen LogP contribution in [0.25, 0.3) is 0 Å². The van der Waals surface area contributed by atoms with Crippen molar-refractivity contribution in [2.45, 2.75) is 50.9 Å². The fourth-order valence-corrected chi connectivity index (χ4v) is 3.77. The quantitative estimate of drug-likeness (QED) is 0.711. The number of hydrogen-bond donors (Lipinski definition) is 1. The normalized spacial score (nSPS) is 16.9. The SMILES string of the molecule is COc1ccc(Cn2nc(N3CCCC[C@H]3CCC(=O)O)cc(C(F)(F)F)c2=O)cc1. The Labute approximate surface area is 177 Å². The molecule has 1 saturated heterocycles. The third-order valence-electron chi connectivity index (χ3n) is 5.37. The van der Waals surface area contributed by atoms with Crippen LogP contribution in [0.2, 0.25) is 0 Å². The molecule has 168 valence electrons. The Kier molecular flexibility index (Phi) is 6.87. The summed E-state index contributed by atoms with van der Waals surface area (Å²) in [5.41, 5.74) is -1.90. The number of benzene rings is 1. The number of carboxylic acid groups (broad SMARTS) is 1. The van der Waals surface area contributed by atoms with E-state index in [2.05, 4.69) is 5.10 Å². The average molecular weight is 439 g/mol. The van der Waals surface area contributed by atoms with Gasteiger partial charge in [0.2, 0.25) is 0 Å². The molecular formula is C21H24F3N3O4. The monoisotopic (exact) mass is 439 g/mol. The maximum Gasteiger partial charge on any atom is 0.421 e. The maximum absolute atomic E-state index is 13.6. The molecule has 0 saturated carbocycles. The Balaban J connectivity index is 2.00. The molecule has 1 N–H and O–H groups in total. The van der Waals surface area contributed by atoms with E-state index in [4.69, 9.17) is 9.84 Å². The molecule has 0 amide bonds. The zero-order valence-electron chi connectivity index (χ0n) is 17.1. The van der Waals surface area contributed by atoms with E-state index < -0.39 is 23.3 Å². The summed E-state index contributed by atoms with van der Waals surface area (Å²) in [6.07, 6.45) is -2.34. The maximum atomic E-state index is 13.6. The third-order valence-corrected chi connectivity index (χ3v) is 5.37. The number of hydrogen-bond acceptors (Lipinski definition) is 5. The first-order valence-corrected chi connectivity index (χ1v) is 9.99. The van der Waals surface area contributed by atoms with Crippen molar-refractivity contribution in [2.24, 2.45) is 0 Å². The van der Waals surface area contributed by atoms with Gasteiger partial charge < -0.3 is 14.7 Å². The van der Waals surface area contributed by atoms with Crippen molar-refractivity contribution in [1.29, 1.82) is 0 Å². The summed E-state index contributed by atoms with van der Waals surface area (Å²) in [7, 11) is 1.50. The van der Waals surface area contributed by atoms with Crippen LogP contribution in [0.3, 0.4) is 0 Å². The molecule has 1 aliphatic heterocycles. The first kappa shape index (κ1) is 22.6. The van der Waals surface area contributed by atoms with E-state index in [1.165, 1.54) is 7.11 Å². The van der Waals surface area contributed by atoms with Crippen molar-refractivity contribution < 1.29 is 27.8 Å². The zero-order chi connectivity index (χ0) is 22.6. The molecule has 7 nitrogen and oxygen atoms in total. The van der Waals surface area contributed by atoms with Gasteiger partial charge in [0.05, 0.1) is 13.7 Å². The van der Waals surface area contributed by atoms with Crippen LogP contribution in [-0.2, 0) is 17.5 Å². The Morgan fingerprint density at radius 3 is 2.58 bits per heavy atom. The van der Waals surface area contributed by atoms with Gasteiger partial charge in [-0.15, -0.1) is 0 Å². The van der Waals surface area contributed by atoms with Crippen molar-refractivity contribution in [3.63, 3.8) is 0 Å². The highest BCUT2D eigenvalue weighted by molar-refractivity contribution is 5.66. The lowest BCUT2D eigenvalue weighted by atomic mass is 9.98. The summed E-state index contributed by atoms with van der Waals surface area (Å²) in [6.45, 7) is 0.322. The molecule has 0 bridgehead atoms. The van der Waals surface area contributed by atoms with Crippen LogP contribution in [0.5, 0.6) is 5.75 Å². The molecule has 2 heterocycles. The number of alkyl halides is 3. The Morgan fingerprint density at radius 2 is 1.97 bits per heavy atom. The topological polar surface area (TPSA) is 84.7 Å². The van der Waals surface area contributed by atoms with Crippen LogP contribution in [0, 0.1) is 0 Å². The Hall–Kier alpha value is -3.04. The zero-order valence-corrected chi connectivity index (χ0v) is 17.1. The molecule has 1 fully saturated rings. The van der Waals surface area contributed by atoms with Crippen LogP contribution in [0.4, 0.5) is 19.0 Å². The molecule has 3 rings (SSSR count). The van der Waals surface area contributed by atoms with Gasteiger partial charge in [-0.1, -0.05) is 12.1 Å². The van der Waals surface area contributed by atoms with Crippen LogP contribution < -0.4 is 15.2 Å². The third kappa shape index (κ3) is 5.56. The minimum absolute atomic E-state index is 0.0375. The number of aliphatic carboxylic acids is 1. The van der Waals surface area contributed by atoms with Crippen LogP contribution in [0.15, 0.2) is 35.1 Å². The van der Waals surface area contributed by atoms with Gasteiger partial charge in [-0.05, 0) is 43.4 Å². The van der Waals surface area contributed by atoms with E-state index in [1.54, 1.807) is 29.2 Å². The summed E-state index contributed by atoms with van der Waals surface area (Å²) >= 11 is 0. The molecule has 2 aromatic rings. The summed E-state index contributed by atoms with van der Waals surface area (Å²) in [4.78, 5) is 25.2. The summed E-state index contributed by atoms with van der Waals surface area (Å²) in [5, 5.41) is 13.2. The van der Waals surface area contributed by atoms with Crippen molar-refractivity contribution in [1.82, 2.24) is 9.78 Å². The molecule has 10 heteroatoms. The lowest BCUT2D eigenvalue weighted by Gasteiger charge is -2.37. The van der Waals surface area contributed by atoms with Gasteiger partial charge in [0, 0.05) is 25.1 Å². The molecule has 31 heavy (non-hydrogen) atoms. The standard InChI is InChI=1S/C21H24F3N3O4/c1-31-16-8-5-14(6-9-16)13-27-20(30)17(21(22,23)24)12-18(25-27)26-11-3-2-4-15(26)7-10-19(28)29/h5-6,8-9,12,15H,2-4,7,10-11,13H2,1H3,(H,28,29)/t15-/m0/s1. The highest BCUT2D eigenvalue weighted by atomic mass is 19.4. The van der Waals surface area contributed by atoms with Crippen molar-refractivity contribution in [3.05, 3.63) is 51.8 Å². The van der Waals surface area contributed by atoms with Crippen molar-refractivity contribution >= 4 is 11.8 Å². The molecule has 1 aromatic carbocycles. The fraction of sp³-hybridized carbons (Fsp3) is 0.476. The second-order valence-electron chi connectivity index (χ2n) is 7.50. The number of carbonyl (C=O) groups is 1. The van der Waals surface area contributed by atoms with Crippen LogP contribution in [-0.4, -0.2) is 40.6 Å². The van der Waals surface area contributed by atoms with Crippen LogP contribution in [0.1, 0.15) is 43.2 Å². The average Bonchev–Trinajstić information content (AvgIpc) is 2.73. The molecule has 0 unspecified atom stereocenters. The molecule has 1 aliphatic rings. The summed E-state index contributed by atoms with van der Waals surface area (Å²) < 4.78 is 46.7. The highest BCUT2D eigenvalue weighted by Crippen LogP contribution is 2.31. The molecule has 0 spiro atoms. The molecular weight excluding hydrogens is 415 g/mol. The first-order chi connectivity index (χ1) is 14.7. The lowest BCUT2D eigenvalue weighted by Crippen LogP contribution is -2.42. The Morgan fingerprint density at radius 1 is 1.26 bits per heavy atom. The molecule has 1 atom stereocenters. The van der Waals surface area contributed by atoms with Gasteiger partial charge in [-0.2, -0.15) is 18.3 Å². The van der Waals surface area contributed by atoms with E-state index >= 15 is 0 Å². The number of piperidine rings is 1. The highest BCUT2D eigenvalue weighted by Gasteiger charge is 2.37. The summed E-state index contributed by atoms with van der Waals surface area (Å²) in [5.74, 6) is -0.335. The van der Waals surface area contributed by atoms with Crippen LogP contribution >= 0.6 is 0 Å². The fourth-order valence-electron chi connectivity index (χ4n) is 3.77. The predicted molar refractivity (Wildman–Crippen MR) is 107 cm³/mol. The smallest absolute Gasteiger partial charge is 0.421 e. The Bertz CT molecular complexity index is 973. The summed E-state index contributed by atoms with van der Waals surface area (Å²) in [6, 6.07) is 7.16. The minimum Gasteiger partial charge on any atom is -0.497 e. The number of halogens is 3. The van der Waals surface area contributed by atoms with E-state index in [0.717, 1.165) is 23.6 Å². The van der Waals surface area contributed by atoms with Gasteiger partial charge in [0.25, 0.3) is 5.56 Å². The number of rotatable bonds is 7. The van der Waals surface area contributed by atoms with Gasteiger partial charge in [-0.3, -0.25) is 9.59 Å². The van der Waals surface area contributed by atoms with Gasteiger partial charge in [0.15, 0.2) is 0 Å². The number of nitrogens with zero attached hydrogens (tertiary/aromatic N) is 3. The first-order valence-electron chi connectivity index (χ1n) is 9.99. The number of ether oxygens (including phenoxy) is 1. The van der Waals surface area contributed by atoms with E-state index in [9.17, 15) is 22.8 Å². The van der Waals surface area contributed by atoms with E-state index in [1.807, 2.05) is 0 Å². The van der Waals surface area contributed by atoms with Gasteiger partial charge >= 0.3 is 12.1 Å². The predicted octanol–water partition coefficient (Wildman–Crippen LogP) is 3.54. The van der Waals surface area contributed by atoms with E-state index in [0.29, 0.717) is 30.7 Å². The molecule has 0 aliphatic carbocycles. The minimum atomic E-state index is -4.83.